The number of furan rings is 1. The third kappa shape index (κ3) is 1.65. The van der Waals surface area contributed by atoms with Gasteiger partial charge in [0.1, 0.15) is 11.6 Å². The fraction of sp³-hybridized carbons (Fsp3) is 0.385. The summed E-state index contributed by atoms with van der Waals surface area (Å²) in [5.41, 5.74) is 7.40. The predicted octanol–water partition coefficient (Wildman–Crippen LogP) is 1.97. The van der Waals surface area contributed by atoms with E-state index in [1.54, 1.807) is 6.26 Å². The summed E-state index contributed by atoms with van der Waals surface area (Å²) in [6.45, 7) is 2.16. The minimum atomic E-state index is -0.179. The Morgan fingerprint density at radius 3 is 3.00 bits per heavy atom. The third-order valence-corrected chi connectivity index (χ3v) is 3.40. The summed E-state index contributed by atoms with van der Waals surface area (Å²) >= 11 is 0. The molecular weight excluding hydrogens is 214 g/mol. The van der Waals surface area contributed by atoms with Crippen molar-refractivity contribution in [1.82, 2.24) is 4.57 Å². The molecule has 0 fully saturated rings. The molecule has 0 radical (unpaired) electrons. The number of hydrogen-bond acceptors (Lipinski definition) is 3. The quantitative estimate of drug-likeness (QED) is 0.859. The molecular formula is C13H17N3O. The largest absolute Gasteiger partial charge is 0.467 e. The summed E-state index contributed by atoms with van der Waals surface area (Å²) in [5, 5.41) is 0. The van der Waals surface area contributed by atoms with Crippen molar-refractivity contribution in [1.29, 1.82) is 0 Å². The van der Waals surface area contributed by atoms with Gasteiger partial charge in [0, 0.05) is 31.9 Å². The van der Waals surface area contributed by atoms with Crippen molar-refractivity contribution in [2.24, 2.45) is 5.73 Å². The monoisotopic (exact) mass is 231 g/mol. The van der Waals surface area contributed by atoms with Crippen LogP contribution in [0.25, 0.3) is 0 Å². The Hall–Kier alpha value is -1.68. The Kier molecular flexibility index (Phi) is 2.44. The van der Waals surface area contributed by atoms with Gasteiger partial charge in [-0.3, -0.25) is 0 Å². The summed E-state index contributed by atoms with van der Waals surface area (Å²) in [5.74, 6) is 2.04. The average molecular weight is 231 g/mol. The lowest BCUT2D eigenvalue weighted by Gasteiger charge is -2.29. The first-order valence-corrected chi connectivity index (χ1v) is 5.96. The van der Waals surface area contributed by atoms with Crippen LogP contribution in [0.1, 0.15) is 23.8 Å². The van der Waals surface area contributed by atoms with Gasteiger partial charge in [0.2, 0.25) is 0 Å². The number of aryl methyl sites for hydroxylation is 1. The molecule has 1 atom stereocenters. The minimum absolute atomic E-state index is 0.179. The number of aromatic nitrogens is 1. The van der Waals surface area contributed by atoms with Gasteiger partial charge in [-0.05, 0) is 24.6 Å². The van der Waals surface area contributed by atoms with Gasteiger partial charge in [0.15, 0.2) is 0 Å². The topological polar surface area (TPSA) is 47.3 Å². The van der Waals surface area contributed by atoms with Crippen LogP contribution in [0.5, 0.6) is 0 Å². The molecule has 0 spiro atoms. The summed E-state index contributed by atoms with van der Waals surface area (Å²) in [6.07, 6.45) is 4.97. The van der Waals surface area contributed by atoms with E-state index < -0.39 is 0 Å². The van der Waals surface area contributed by atoms with Gasteiger partial charge in [-0.1, -0.05) is 0 Å². The molecule has 1 aliphatic heterocycles. The van der Waals surface area contributed by atoms with Crippen molar-refractivity contribution in [2.45, 2.75) is 19.0 Å². The number of fused-ring (bicyclic) bond motifs is 1. The lowest BCUT2D eigenvalue weighted by molar-refractivity contribution is 0.488. The number of anilines is 1. The van der Waals surface area contributed by atoms with Crippen LogP contribution in [0.3, 0.4) is 0 Å². The molecule has 3 rings (SSSR count). The zero-order valence-electron chi connectivity index (χ0n) is 9.97. The van der Waals surface area contributed by atoms with E-state index in [0.29, 0.717) is 0 Å². The highest BCUT2D eigenvalue weighted by Crippen LogP contribution is 2.32. The molecule has 0 aromatic carbocycles. The molecule has 4 nitrogen and oxygen atoms in total. The zero-order chi connectivity index (χ0) is 11.8. The maximum absolute atomic E-state index is 6.26. The first kappa shape index (κ1) is 10.5. The van der Waals surface area contributed by atoms with E-state index in [1.807, 2.05) is 12.1 Å². The van der Waals surface area contributed by atoms with Crippen molar-refractivity contribution in [3.05, 3.63) is 42.0 Å². The molecule has 90 valence electrons. The van der Waals surface area contributed by atoms with Crippen LogP contribution < -0.4 is 10.6 Å². The predicted molar refractivity (Wildman–Crippen MR) is 67.1 cm³/mol. The summed E-state index contributed by atoms with van der Waals surface area (Å²) in [6, 6.07) is 5.73. The van der Waals surface area contributed by atoms with E-state index in [-0.39, 0.29) is 6.04 Å². The Morgan fingerprint density at radius 2 is 2.24 bits per heavy atom. The molecule has 0 saturated heterocycles. The second-order valence-corrected chi connectivity index (χ2v) is 4.56. The molecule has 2 N–H and O–H groups in total. The summed E-state index contributed by atoms with van der Waals surface area (Å²) in [4.78, 5) is 2.27. The van der Waals surface area contributed by atoms with Crippen LogP contribution in [0.2, 0.25) is 0 Å². The van der Waals surface area contributed by atoms with Gasteiger partial charge in [-0.25, -0.2) is 0 Å². The maximum Gasteiger partial charge on any atom is 0.125 e. The van der Waals surface area contributed by atoms with Gasteiger partial charge in [-0.15, -0.1) is 0 Å². The highest BCUT2D eigenvalue weighted by molar-refractivity contribution is 5.53. The first-order chi connectivity index (χ1) is 8.27. The van der Waals surface area contributed by atoms with Crippen LogP contribution in [0.4, 0.5) is 5.82 Å². The van der Waals surface area contributed by atoms with Crippen molar-refractivity contribution in [3.8, 4) is 0 Å². The van der Waals surface area contributed by atoms with Crippen LogP contribution in [0, 0.1) is 0 Å². The van der Waals surface area contributed by atoms with E-state index in [1.165, 1.54) is 12.2 Å². The average Bonchev–Trinajstić information content (AvgIpc) is 2.98. The van der Waals surface area contributed by atoms with E-state index in [9.17, 15) is 0 Å². The van der Waals surface area contributed by atoms with Crippen LogP contribution in [-0.4, -0.2) is 18.2 Å². The lowest BCUT2D eigenvalue weighted by atomic mass is 10.1. The van der Waals surface area contributed by atoms with Crippen LogP contribution >= 0.6 is 0 Å². The fourth-order valence-electron chi connectivity index (χ4n) is 2.55. The fourth-order valence-corrected chi connectivity index (χ4v) is 2.55. The van der Waals surface area contributed by atoms with Gasteiger partial charge in [-0.2, -0.15) is 0 Å². The normalized spacial score (nSPS) is 16.9. The molecule has 2 aromatic rings. The van der Waals surface area contributed by atoms with Gasteiger partial charge >= 0.3 is 0 Å². The molecule has 0 saturated carbocycles. The summed E-state index contributed by atoms with van der Waals surface area (Å²) in [7, 11) is 2.11. The number of nitrogens with two attached hydrogens (primary N) is 1. The first-order valence-electron chi connectivity index (χ1n) is 5.96. The van der Waals surface area contributed by atoms with Crippen molar-refractivity contribution in [2.75, 3.05) is 18.5 Å². The molecule has 2 aromatic heterocycles. The Balaban J connectivity index is 2.01. The molecule has 1 aliphatic rings. The lowest BCUT2D eigenvalue weighted by Crippen LogP contribution is -2.29. The Labute approximate surface area is 101 Å². The number of hydrogen-bond donors (Lipinski definition) is 1. The van der Waals surface area contributed by atoms with Crippen molar-refractivity contribution < 1.29 is 4.42 Å². The molecule has 0 bridgehead atoms. The Bertz CT molecular complexity index is 501. The molecule has 1 unspecified atom stereocenters. The number of rotatable bonds is 2. The second-order valence-electron chi connectivity index (χ2n) is 4.56. The van der Waals surface area contributed by atoms with E-state index >= 15 is 0 Å². The maximum atomic E-state index is 6.26. The highest BCUT2D eigenvalue weighted by Gasteiger charge is 2.23. The Morgan fingerprint density at radius 1 is 1.35 bits per heavy atom. The molecule has 17 heavy (non-hydrogen) atoms. The summed E-state index contributed by atoms with van der Waals surface area (Å²) < 4.78 is 7.66. The van der Waals surface area contributed by atoms with E-state index in [4.69, 9.17) is 10.2 Å². The molecule has 0 amide bonds. The minimum Gasteiger partial charge on any atom is -0.467 e. The van der Waals surface area contributed by atoms with Crippen LogP contribution in [0.15, 0.2) is 35.1 Å². The van der Waals surface area contributed by atoms with Crippen LogP contribution in [-0.2, 0) is 6.54 Å². The van der Waals surface area contributed by atoms with Gasteiger partial charge in [0.25, 0.3) is 0 Å². The molecule has 0 aliphatic carbocycles. The van der Waals surface area contributed by atoms with E-state index in [0.717, 1.165) is 24.4 Å². The van der Waals surface area contributed by atoms with Gasteiger partial charge < -0.3 is 19.6 Å². The smallest absolute Gasteiger partial charge is 0.125 e. The second kappa shape index (κ2) is 3.96. The van der Waals surface area contributed by atoms with Crippen molar-refractivity contribution in [3.63, 3.8) is 0 Å². The highest BCUT2D eigenvalue weighted by atomic mass is 16.3. The number of nitrogens with zero attached hydrogens (tertiary/aromatic N) is 2. The molecule has 4 heteroatoms. The van der Waals surface area contributed by atoms with Crippen molar-refractivity contribution >= 4 is 5.82 Å². The van der Waals surface area contributed by atoms with Gasteiger partial charge in [0.05, 0.1) is 12.3 Å². The zero-order valence-corrected chi connectivity index (χ0v) is 9.97. The SMILES string of the molecule is CN1CCCn2ccc(C(N)c3ccco3)c21. The third-order valence-electron chi connectivity index (χ3n) is 3.40. The van der Waals surface area contributed by atoms with E-state index in [2.05, 4.69) is 28.8 Å². The molecule has 3 heterocycles. The standard InChI is InChI=1S/C13H17N3O/c1-15-6-3-7-16-8-5-10(13(15)16)12(14)11-4-2-9-17-11/h2,4-5,8-9,12H,3,6-7,14H2,1H3.